The summed E-state index contributed by atoms with van der Waals surface area (Å²) in [6.45, 7) is 2.94. The summed E-state index contributed by atoms with van der Waals surface area (Å²) >= 11 is 0. The number of carbonyl (C=O) groups excluding carboxylic acids is 1. The lowest BCUT2D eigenvalue weighted by Gasteiger charge is -2.49. The Morgan fingerprint density at radius 3 is 2.69 bits per heavy atom. The van der Waals surface area contributed by atoms with Gasteiger partial charge in [-0.2, -0.15) is 0 Å². The molecule has 1 aliphatic carbocycles. The third kappa shape index (κ3) is 6.84. The largest absolute Gasteiger partial charge is 0.482 e. The zero-order valence-electron chi connectivity index (χ0n) is 33.1. The SMILES string of the molecule is CCC1C2=CC=NC2=CN1c1c2c(cc3c(=O)cc(C)oc13)CC(OOCC(O)C(O)(CN1CC=C3N=CC=C31)C(O)C(O)CO)C1(CCCC(C3CNC(=O)C3)C1)O2. The van der Waals surface area contributed by atoms with Crippen LogP contribution in [-0.2, 0) is 21.0 Å². The van der Waals surface area contributed by atoms with Gasteiger partial charge in [0.05, 0.1) is 41.7 Å². The molecule has 1 spiro atoms. The molecule has 1 aromatic carbocycles. The molecule has 1 amide bonds. The van der Waals surface area contributed by atoms with Crippen molar-refractivity contribution in [1.82, 2.24) is 10.2 Å². The number of allylic oxidation sites excluding steroid dienone is 2. The van der Waals surface area contributed by atoms with Crippen molar-refractivity contribution >= 4 is 35.0 Å². The van der Waals surface area contributed by atoms with Crippen molar-refractivity contribution in [3.05, 3.63) is 80.8 Å². The normalized spacial score (nSPS) is 29.4. The van der Waals surface area contributed by atoms with E-state index in [2.05, 4.69) is 27.1 Å². The highest BCUT2D eigenvalue weighted by Gasteiger charge is 2.54. The molecule has 16 nitrogen and oxygen atoms in total. The molecule has 59 heavy (non-hydrogen) atoms. The number of hydrogen-bond donors (Lipinski definition) is 6. The Morgan fingerprint density at radius 1 is 1.10 bits per heavy atom. The summed E-state index contributed by atoms with van der Waals surface area (Å²) in [4.78, 5) is 50.9. The Morgan fingerprint density at radius 2 is 1.92 bits per heavy atom. The second-order valence-electron chi connectivity index (χ2n) is 16.9. The third-order valence-corrected chi connectivity index (χ3v) is 13.3. The molecule has 7 aliphatic rings. The van der Waals surface area contributed by atoms with Gasteiger partial charge in [-0.1, -0.05) is 6.92 Å². The average molecular weight is 814 g/mol. The van der Waals surface area contributed by atoms with Crippen LogP contribution in [0.5, 0.6) is 5.75 Å². The molecule has 9 rings (SSSR count). The highest BCUT2D eigenvalue weighted by atomic mass is 17.2. The number of nitrogens with one attached hydrogen (secondary N) is 1. The van der Waals surface area contributed by atoms with E-state index in [1.165, 1.54) is 6.07 Å². The van der Waals surface area contributed by atoms with Crippen LogP contribution >= 0.6 is 0 Å². The van der Waals surface area contributed by atoms with Crippen LogP contribution in [0, 0.1) is 18.8 Å². The molecular weight excluding hydrogens is 762 g/mol. The zero-order valence-corrected chi connectivity index (χ0v) is 33.1. The maximum Gasteiger partial charge on any atom is 0.220 e. The van der Waals surface area contributed by atoms with E-state index in [-0.39, 0.29) is 42.2 Å². The van der Waals surface area contributed by atoms with Gasteiger partial charge in [0.25, 0.3) is 0 Å². The first-order chi connectivity index (χ1) is 28.4. The highest BCUT2D eigenvalue weighted by molar-refractivity contribution is 5.96. The standard InChI is InChI=1S/C43H51N5O11/c1-3-31-27-6-10-45-30(27)19-48(31)38-39-25(14-28-33(50)13-23(2)57-40(28)38)15-36(42(58-39)9-4-5-24(17-42)26-16-37(53)46-18-26)59-56-21-35(52)43(55,41(54)34(51)20-49)22-47-12-8-29-32(47)7-11-44-29/h6-8,10-11,13-14,19,24,26,31,34-36,41,49,51-52,54-55H,3-5,9,12,15-18,20-22H2,1-2H3,(H,46,53). The van der Waals surface area contributed by atoms with Crippen molar-refractivity contribution < 1.29 is 49.3 Å². The molecule has 9 atom stereocenters. The highest BCUT2D eigenvalue weighted by Crippen LogP contribution is 2.53. The minimum Gasteiger partial charge on any atom is -0.482 e. The number of amides is 1. The summed E-state index contributed by atoms with van der Waals surface area (Å²) in [6, 6.07) is 3.15. The van der Waals surface area contributed by atoms with Gasteiger partial charge in [0.1, 0.15) is 53.7 Å². The number of benzene rings is 1. The number of hydrogen-bond acceptors (Lipinski definition) is 15. The van der Waals surface area contributed by atoms with E-state index in [1.54, 1.807) is 36.4 Å². The van der Waals surface area contributed by atoms with Crippen LogP contribution in [0.15, 0.2) is 78.4 Å². The second kappa shape index (κ2) is 15.4. The molecule has 6 N–H and O–H groups in total. The first-order valence-corrected chi connectivity index (χ1v) is 20.6. The van der Waals surface area contributed by atoms with E-state index in [0.29, 0.717) is 77.5 Å². The van der Waals surface area contributed by atoms with E-state index < -0.39 is 48.8 Å². The van der Waals surface area contributed by atoms with Gasteiger partial charge in [-0.05, 0) is 75.2 Å². The summed E-state index contributed by atoms with van der Waals surface area (Å²) in [6.07, 6.45) is 8.79. The molecule has 7 heterocycles. The van der Waals surface area contributed by atoms with Crippen LogP contribution in [0.2, 0.25) is 0 Å². The van der Waals surface area contributed by atoms with Crippen molar-refractivity contribution in [2.75, 3.05) is 37.7 Å². The van der Waals surface area contributed by atoms with E-state index in [0.717, 1.165) is 30.5 Å². The Kier molecular flexibility index (Phi) is 10.4. The molecule has 6 aliphatic heterocycles. The van der Waals surface area contributed by atoms with Gasteiger partial charge in [0.2, 0.25) is 5.91 Å². The lowest BCUT2D eigenvalue weighted by atomic mass is 9.68. The molecule has 1 saturated heterocycles. The molecule has 16 heteroatoms. The Bertz CT molecular complexity index is 2280. The molecule has 2 fully saturated rings. The first-order valence-electron chi connectivity index (χ1n) is 20.6. The lowest BCUT2D eigenvalue weighted by molar-refractivity contribution is -0.369. The molecule has 0 bridgehead atoms. The van der Waals surface area contributed by atoms with Gasteiger partial charge in [-0.15, -0.1) is 0 Å². The van der Waals surface area contributed by atoms with Gasteiger partial charge in [0.15, 0.2) is 16.8 Å². The van der Waals surface area contributed by atoms with Gasteiger partial charge in [0, 0.05) is 61.8 Å². The minimum atomic E-state index is -2.39. The Hall–Kier alpha value is -4.68. The van der Waals surface area contributed by atoms with Crippen molar-refractivity contribution in [3.63, 3.8) is 0 Å². The molecule has 314 valence electrons. The number of carbonyl (C=O) groups is 1. The predicted molar refractivity (Wildman–Crippen MR) is 216 cm³/mol. The van der Waals surface area contributed by atoms with Crippen LogP contribution in [0.3, 0.4) is 0 Å². The number of anilines is 1. The monoisotopic (exact) mass is 813 g/mol. The van der Waals surface area contributed by atoms with Crippen molar-refractivity contribution in [1.29, 1.82) is 0 Å². The van der Waals surface area contributed by atoms with Crippen LogP contribution in [0.1, 0.15) is 56.8 Å². The molecule has 9 unspecified atom stereocenters. The zero-order chi connectivity index (χ0) is 41.2. The number of β-amino-alcohol motifs (C(OH)–C–C–N with tert-alkyl or cyclic N) is 1. The summed E-state index contributed by atoms with van der Waals surface area (Å²) in [5.74, 6) is 1.24. The number of nitrogens with zero attached hydrogens (tertiary/aromatic N) is 4. The fourth-order valence-corrected chi connectivity index (χ4v) is 10.2. The van der Waals surface area contributed by atoms with Crippen LogP contribution in [0.25, 0.3) is 11.0 Å². The summed E-state index contributed by atoms with van der Waals surface area (Å²) in [5.41, 5.74) is 1.41. The molecular formula is C43H51N5O11. The van der Waals surface area contributed by atoms with E-state index in [4.69, 9.17) is 18.9 Å². The first kappa shape index (κ1) is 39.8. The second-order valence-corrected chi connectivity index (χ2v) is 16.9. The molecule has 0 radical (unpaired) electrons. The fourth-order valence-electron chi connectivity index (χ4n) is 10.2. The number of aliphatic hydroxyl groups excluding tert-OH is 4. The van der Waals surface area contributed by atoms with Crippen LogP contribution in [0.4, 0.5) is 5.69 Å². The van der Waals surface area contributed by atoms with Gasteiger partial charge >= 0.3 is 0 Å². The predicted octanol–water partition coefficient (Wildman–Crippen LogP) is 1.84. The number of aliphatic hydroxyl groups is 5. The van der Waals surface area contributed by atoms with E-state index in [1.807, 2.05) is 18.4 Å². The van der Waals surface area contributed by atoms with Gasteiger partial charge in [-0.3, -0.25) is 19.6 Å². The Balaban J connectivity index is 1.06. The van der Waals surface area contributed by atoms with Gasteiger partial charge in [-0.25, -0.2) is 9.78 Å². The van der Waals surface area contributed by atoms with E-state index in [9.17, 15) is 35.1 Å². The number of rotatable bonds is 13. The number of ether oxygens (including phenoxy) is 1. The summed E-state index contributed by atoms with van der Waals surface area (Å²) in [5, 5.41) is 58.2. The van der Waals surface area contributed by atoms with Crippen molar-refractivity contribution in [2.45, 2.75) is 100 Å². The van der Waals surface area contributed by atoms with Crippen LogP contribution in [-0.4, -0.2) is 123 Å². The van der Waals surface area contributed by atoms with Crippen molar-refractivity contribution in [2.24, 2.45) is 21.8 Å². The van der Waals surface area contributed by atoms with Crippen LogP contribution < -0.4 is 20.4 Å². The smallest absolute Gasteiger partial charge is 0.220 e. The third-order valence-electron chi connectivity index (χ3n) is 13.3. The minimum absolute atomic E-state index is 0.0164. The number of aliphatic imine (C=N–C) groups is 2. The Labute approximate surface area is 340 Å². The molecule has 1 aromatic heterocycles. The average Bonchev–Trinajstić information content (AvgIpc) is 4.07. The number of fused-ring (bicyclic) bond motifs is 4. The van der Waals surface area contributed by atoms with E-state index >= 15 is 0 Å². The maximum absolute atomic E-state index is 13.7. The maximum atomic E-state index is 13.7. The molecule has 2 aromatic rings. The number of aryl methyl sites for hydroxylation is 1. The summed E-state index contributed by atoms with van der Waals surface area (Å²) in [7, 11) is 0. The molecule has 1 saturated carbocycles. The van der Waals surface area contributed by atoms with Crippen molar-refractivity contribution in [3.8, 4) is 5.75 Å². The fraction of sp³-hybridized carbons (Fsp3) is 0.535. The van der Waals surface area contributed by atoms with Gasteiger partial charge < -0.3 is 49.8 Å². The quantitative estimate of drug-likeness (QED) is 0.126. The lowest BCUT2D eigenvalue weighted by Crippen LogP contribution is -2.63. The topological polar surface area (TPSA) is 219 Å². The summed E-state index contributed by atoms with van der Waals surface area (Å²) < 4.78 is 13.7.